The molecule has 0 aliphatic carbocycles. The second kappa shape index (κ2) is 7.99. The van der Waals surface area contributed by atoms with Crippen LogP contribution in [0.3, 0.4) is 0 Å². The van der Waals surface area contributed by atoms with Crippen LogP contribution in [-0.4, -0.2) is 31.5 Å². The average Bonchev–Trinajstić information content (AvgIpc) is 3.01. The third-order valence-electron chi connectivity index (χ3n) is 4.30. The summed E-state index contributed by atoms with van der Waals surface area (Å²) in [5.74, 6) is -0.659. The van der Waals surface area contributed by atoms with Crippen molar-refractivity contribution in [3.63, 3.8) is 0 Å². The minimum absolute atomic E-state index is 0.0820. The Morgan fingerprint density at radius 3 is 2.77 bits per heavy atom. The van der Waals surface area contributed by atoms with Gasteiger partial charge in [-0.05, 0) is 36.8 Å². The van der Waals surface area contributed by atoms with Crippen LogP contribution < -0.4 is 15.0 Å². The Bertz CT molecular complexity index is 795. The van der Waals surface area contributed by atoms with Crippen molar-refractivity contribution in [3.05, 3.63) is 59.9 Å². The van der Waals surface area contributed by atoms with E-state index in [4.69, 9.17) is 4.74 Å². The first-order valence-electron chi connectivity index (χ1n) is 8.56. The predicted molar refractivity (Wildman–Crippen MR) is 96.5 cm³/mol. The van der Waals surface area contributed by atoms with Crippen LogP contribution in [0.5, 0.6) is 5.75 Å². The summed E-state index contributed by atoms with van der Waals surface area (Å²) in [6, 6.07) is 14.0. The van der Waals surface area contributed by atoms with Crippen LogP contribution in [0.15, 0.2) is 48.5 Å². The second-order valence-corrected chi connectivity index (χ2v) is 6.31. The molecule has 0 spiro atoms. The van der Waals surface area contributed by atoms with E-state index in [1.807, 2.05) is 30.3 Å². The molecule has 0 aromatic heterocycles. The molecule has 1 N–H and O–H groups in total. The molecule has 1 saturated heterocycles. The average molecular weight is 356 g/mol. The topological polar surface area (TPSA) is 58.6 Å². The number of nitrogens with one attached hydrogen (secondary N) is 1. The molecule has 26 heavy (non-hydrogen) atoms. The van der Waals surface area contributed by atoms with E-state index < -0.39 is 11.7 Å². The van der Waals surface area contributed by atoms with Gasteiger partial charge in [-0.1, -0.05) is 24.3 Å². The van der Waals surface area contributed by atoms with Crippen molar-refractivity contribution in [1.82, 2.24) is 5.32 Å². The molecule has 3 rings (SSSR count). The van der Waals surface area contributed by atoms with Crippen molar-refractivity contribution >= 4 is 17.5 Å². The summed E-state index contributed by atoms with van der Waals surface area (Å²) >= 11 is 0. The number of rotatable bonds is 6. The van der Waals surface area contributed by atoms with Crippen LogP contribution in [-0.2, 0) is 9.59 Å². The highest BCUT2D eigenvalue weighted by molar-refractivity contribution is 6.00. The molecule has 6 heteroatoms. The number of benzene rings is 2. The Hall–Kier alpha value is -2.89. The van der Waals surface area contributed by atoms with Crippen LogP contribution in [0.25, 0.3) is 0 Å². The Kier molecular flexibility index (Phi) is 5.51. The molecule has 2 amide bonds. The lowest BCUT2D eigenvalue weighted by Gasteiger charge is -2.17. The Balaban J connectivity index is 1.50. The highest BCUT2D eigenvalue weighted by Crippen LogP contribution is 2.28. The van der Waals surface area contributed by atoms with Gasteiger partial charge in [-0.2, -0.15) is 0 Å². The van der Waals surface area contributed by atoms with Crippen molar-refractivity contribution in [2.75, 3.05) is 24.6 Å². The van der Waals surface area contributed by atoms with Crippen molar-refractivity contribution in [3.8, 4) is 5.75 Å². The maximum atomic E-state index is 14.1. The number of hydrogen-bond acceptors (Lipinski definition) is 3. The van der Waals surface area contributed by atoms with Gasteiger partial charge in [-0.3, -0.25) is 9.59 Å². The normalized spacial score (nSPS) is 16.6. The fourth-order valence-electron chi connectivity index (χ4n) is 2.95. The van der Waals surface area contributed by atoms with Crippen LogP contribution in [0.4, 0.5) is 10.1 Å². The molecule has 5 nitrogen and oxygen atoms in total. The summed E-state index contributed by atoms with van der Waals surface area (Å²) in [7, 11) is 0. The minimum Gasteiger partial charge on any atom is -0.492 e. The number of halogens is 1. The lowest BCUT2D eigenvalue weighted by atomic mass is 10.1. The van der Waals surface area contributed by atoms with Crippen LogP contribution in [0.2, 0.25) is 0 Å². The van der Waals surface area contributed by atoms with E-state index in [0.717, 1.165) is 11.3 Å². The molecule has 1 aliphatic heterocycles. The molecule has 1 aliphatic rings. The molecule has 0 radical (unpaired) electrons. The highest BCUT2D eigenvalue weighted by Gasteiger charge is 2.36. The predicted octanol–water partition coefficient (Wildman–Crippen LogP) is 2.68. The molecule has 136 valence electrons. The number of carbonyl (C=O) groups excluding carboxylic acids is 2. The Morgan fingerprint density at radius 2 is 2.04 bits per heavy atom. The van der Waals surface area contributed by atoms with Crippen molar-refractivity contribution < 1.29 is 18.7 Å². The van der Waals surface area contributed by atoms with E-state index in [0.29, 0.717) is 13.2 Å². The smallest absolute Gasteiger partial charge is 0.227 e. The second-order valence-electron chi connectivity index (χ2n) is 6.31. The number of amides is 2. The summed E-state index contributed by atoms with van der Waals surface area (Å²) in [6.45, 7) is 2.65. The molecule has 2 aromatic rings. The summed E-state index contributed by atoms with van der Waals surface area (Å²) in [6.07, 6.45) is 0.0820. The zero-order chi connectivity index (χ0) is 18.5. The van der Waals surface area contributed by atoms with E-state index in [1.165, 1.54) is 11.0 Å². The molecule has 0 bridgehead atoms. The molecule has 0 saturated carbocycles. The van der Waals surface area contributed by atoms with E-state index >= 15 is 0 Å². The first-order valence-corrected chi connectivity index (χ1v) is 8.56. The van der Waals surface area contributed by atoms with Crippen molar-refractivity contribution in [2.24, 2.45) is 5.92 Å². The lowest BCUT2D eigenvalue weighted by Crippen LogP contribution is -2.35. The zero-order valence-electron chi connectivity index (χ0n) is 14.6. The molecule has 2 aromatic carbocycles. The molecule has 1 fully saturated rings. The van der Waals surface area contributed by atoms with Crippen LogP contribution >= 0.6 is 0 Å². The maximum Gasteiger partial charge on any atom is 0.227 e. The fourth-order valence-corrected chi connectivity index (χ4v) is 2.95. The van der Waals surface area contributed by atoms with Gasteiger partial charge in [0.25, 0.3) is 0 Å². The summed E-state index contributed by atoms with van der Waals surface area (Å²) < 4.78 is 19.6. The van der Waals surface area contributed by atoms with E-state index in [2.05, 4.69) is 5.32 Å². The first kappa shape index (κ1) is 17.9. The van der Waals surface area contributed by atoms with Crippen molar-refractivity contribution in [2.45, 2.75) is 13.3 Å². The van der Waals surface area contributed by atoms with E-state index in [1.54, 1.807) is 19.1 Å². The van der Waals surface area contributed by atoms with Gasteiger partial charge in [-0.15, -0.1) is 0 Å². The van der Waals surface area contributed by atoms with E-state index in [9.17, 15) is 14.0 Å². The Morgan fingerprint density at radius 1 is 1.27 bits per heavy atom. The zero-order valence-corrected chi connectivity index (χ0v) is 14.6. The SMILES string of the molecule is Cc1ccc(N2CC(C(=O)NCCOc3ccccc3)CC2=O)c(F)c1. The van der Waals surface area contributed by atoms with Gasteiger partial charge in [-0.25, -0.2) is 4.39 Å². The quantitative estimate of drug-likeness (QED) is 0.810. The first-order chi connectivity index (χ1) is 12.5. The van der Waals surface area contributed by atoms with Crippen LogP contribution in [0.1, 0.15) is 12.0 Å². The van der Waals surface area contributed by atoms with Gasteiger partial charge >= 0.3 is 0 Å². The van der Waals surface area contributed by atoms with Gasteiger partial charge in [0.2, 0.25) is 11.8 Å². The number of ether oxygens (including phenoxy) is 1. The summed E-state index contributed by atoms with van der Waals surface area (Å²) in [5.41, 5.74) is 1.01. The molecule has 1 atom stereocenters. The Labute approximate surface area is 151 Å². The monoisotopic (exact) mass is 356 g/mol. The lowest BCUT2D eigenvalue weighted by molar-refractivity contribution is -0.126. The number of aryl methyl sites for hydroxylation is 1. The molecule has 1 heterocycles. The largest absolute Gasteiger partial charge is 0.492 e. The van der Waals surface area contributed by atoms with E-state index in [-0.39, 0.29) is 30.5 Å². The van der Waals surface area contributed by atoms with Gasteiger partial charge in [0.05, 0.1) is 18.2 Å². The number of hydrogen-bond donors (Lipinski definition) is 1. The van der Waals surface area contributed by atoms with Gasteiger partial charge in [0.15, 0.2) is 0 Å². The fraction of sp³-hybridized carbons (Fsp3) is 0.300. The standard InChI is InChI=1S/C20H21FN2O3/c1-14-7-8-18(17(21)11-14)23-13-15(12-19(23)24)20(25)22-9-10-26-16-5-3-2-4-6-16/h2-8,11,15H,9-10,12-13H2,1H3,(H,22,25). The molecular formula is C20H21FN2O3. The van der Waals surface area contributed by atoms with Gasteiger partial charge in [0, 0.05) is 13.0 Å². The maximum absolute atomic E-state index is 14.1. The highest BCUT2D eigenvalue weighted by atomic mass is 19.1. The summed E-state index contributed by atoms with van der Waals surface area (Å²) in [5, 5.41) is 2.77. The van der Waals surface area contributed by atoms with Crippen LogP contribution in [0, 0.1) is 18.7 Å². The number of anilines is 1. The third kappa shape index (κ3) is 4.20. The third-order valence-corrected chi connectivity index (χ3v) is 4.30. The van der Waals surface area contributed by atoms with Gasteiger partial charge in [0.1, 0.15) is 18.2 Å². The molecular weight excluding hydrogens is 335 g/mol. The molecule has 1 unspecified atom stereocenters. The summed E-state index contributed by atoms with van der Waals surface area (Å²) in [4.78, 5) is 25.8. The number of para-hydroxylation sites is 1. The number of nitrogens with zero attached hydrogens (tertiary/aromatic N) is 1. The number of carbonyl (C=O) groups is 2. The minimum atomic E-state index is -0.486. The van der Waals surface area contributed by atoms with Crippen molar-refractivity contribution in [1.29, 1.82) is 0 Å². The van der Waals surface area contributed by atoms with Gasteiger partial charge < -0.3 is 15.0 Å².